The number of benzene rings is 2. The molecule has 2 N–H and O–H groups in total. The molecule has 4 aliphatic rings. The predicted octanol–water partition coefficient (Wildman–Crippen LogP) is 8.39. The third-order valence-corrected chi connectivity index (χ3v) is 11.7. The van der Waals surface area contributed by atoms with Gasteiger partial charge in [-0.1, -0.05) is 19.1 Å². The van der Waals surface area contributed by atoms with Crippen LogP contribution in [-0.4, -0.2) is 49.6 Å². The molecule has 280 valence electrons. The molecule has 4 atom stereocenters. The van der Waals surface area contributed by atoms with E-state index in [1.54, 1.807) is 29.0 Å². The maximum atomic E-state index is 14.7. The molecule has 0 saturated heterocycles. The van der Waals surface area contributed by atoms with E-state index in [4.69, 9.17) is 9.47 Å². The molecule has 4 unspecified atom stereocenters. The van der Waals surface area contributed by atoms with Crippen molar-refractivity contribution in [3.63, 3.8) is 0 Å². The number of hydrogen-bond acceptors (Lipinski definition) is 6. The van der Waals surface area contributed by atoms with E-state index >= 15 is 0 Å². The van der Waals surface area contributed by atoms with Crippen molar-refractivity contribution >= 4 is 22.8 Å². The highest BCUT2D eigenvalue weighted by Crippen LogP contribution is 2.51. The summed E-state index contributed by atoms with van der Waals surface area (Å²) in [7, 11) is 0. The molecule has 2 bridgehead atoms. The third-order valence-electron chi connectivity index (χ3n) is 11.7. The highest BCUT2D eigenvalue weighted by atomic mass is 19.4. The molecule has 3 fully saturated rings. The first kappa shape index (κ1) is 35.3. The van der Waals surface area contributed by atoms with Gasteiger partial charge in [0.2, 0.25) is 5.92 Å². The number of aliphatic carboxylic acids is 1. The summed E-state index contributed by atoms with van der Waals surface area (Å²) in [6, 6.07) is 10.6. The minimum atomic E-state index is -5.09. The molecule has 14 heteroatoms. The summed E-state index contributed by atoms with van der Waals surface area (Å²) in [5, 5.41) is 13.2. The van der Waals surface area contributed by atoms with Crippen LogP contribution in [0.4, 0.5) is 22.0 Å². The number of carbonyl (C=O) groups is 2. The van der Waals surface area contributed by atoms with Gasteiger partial charge in [-0.3, -0.25) is 4.79 Å². The molecule has 4 aromatic rings. The Labute approximate surface area is 301 Å². The summed E-state index contributed by atoms with van der Waals surface area (Å²) in [4.78, 5) is 34.3. The van der Waals surface area contributed by atoms with Crippen molar-refractivity contribution in [2.24, 2.45) is 17.8 Å². The van der Waals surface area contributed by atoms with Gasteiger partial charge in [-0.2, -0.15) is 13.2 Å². The van der Waals surface area contributed by atoms with Gasteiger partial charge in [-0.15, -0.1) is 0 Å². The number of halogens is 5. The van der Waals surface area contributed by atoms with Crippen molar-refractivity contribution in [3.05, 3.63) is 71.2 Å². The minimum Gasteiger partial charge on any atom is -0.493 e. The number of amides is 1. The fraction of sp³-hybridized carbons (Fsp3) is 0.487. The highest BCUT2D eigenvalue weighted by Gasteiger charge is 2.56. The average Bonchev–Trinajstić information content (AvgIpc) is 3.80. The Morgan fingerprint density at radius 2 is 1.89 bits per heavy atom. The van der Waals surface area contributed by atoms with Crippen molar-refractivity contribution in [2.45, 2.75) is 95.0 Å². The van der Waals surface area contributed by atoms with Crippen LogP contribution in [0.25, 0.3) is 22.3 Å². The van der Waals surface area contributed by atoms with Gasteiger partial charge in [-0.25, -0.2) is 23.5 Å². The normalized spacial score (nSPS) is 25.2. The number of rotatable bonds is 8. The Morgan fingerprint density at radius 3 is 2.64 bits per heavy atom. The lowest BCUT2D eigenvalue weighted by Gasteiger charge is -2.33. The largest absolute Gasteiger partial charge is 0.493 e. The Morgan fingerprint density at radius 1 is 1.09 bits per heavy atom. The molecular formula is C39H39F5N4O5. The van der Waals surface area contributed by atoms with Crippen LogP contribution in [0.1, 0.15) is 91.5 Å². The van der Waals surface area contributed by atoms with Gasteiger partial charge < -0.3 is 24.5 Å². The van der Waals surface area contributed by atoms with Crippen LogP contribution < -0.4 is 14.8 Å². The van der Waals surface area contributed by atoms with E-state index in [2.05, 4.69) is 15.3 Å². The molecule has 3 saturated carbocycles. The topological polar surface area (TPSA) is 116 Å². The second-order valence-electron chi connectivity index (χ2n) is 15.3. The van der Waals surface area contributed by atoms with Crippen molar-refractivity contribution in [2.75, 3.05) is 6.61 Å². The molecule has 0 radical (unpaired) electrons. The molecule has 3 heterocycles. The maximum absolute atomic E-state index is 14.7. The minimum absolute atomic E-state index is 0.0491. The Kier molecular flexibility index (Phi) is 8.64. The van der Waals surface area contributed by atoms with Crippen LogP contribution in [0.3, 0.4) is 0 Å². The van der Waals surface area contributed by atoms with E-state index in [-0.39, 0.29) is 68.0 Å². The van der Waals surface area contributed by atoms with E-state index in [1.165, 1.54) is 0 Å². The van der Waals surface area contributed by atoms with Gasteiger partial charge in [0, 0.05) is 54.7 Å². The zero-order valence-electron chi connectivity index (χ0n) is 29.0. The number of carboxylic acid groups (broad SMARTS) is 1. The summed E-state index contributed by atoms with van der Waals surface area (Å²) in [6.45, 7) is 2.85. The number of nitrogens with one attached hydrogen (secondary N) is 1. The number of carbonyl (C=O) groups excluding carboxylic acids is 1. The molecular weight excluding hydrogens is 699 g/mol. The summed E-state index contributed by atoms with van der Waals surface area (Å²) in [6.07, 6.45) is -0.179. The monoisotopic (exact) mass is 738 g/mol. The molecule has 2 aromatic carbocycles. The standard InChI is InChI=1S/C39H39F5N4O5/c1-21-12-23-14-25(13-21)38(17-23,36(50)51)47-35(49)29-18-45-34(46-33(29)39(42,43)44)30-19-48(26-6-9-37(40,41)10-7-26)31-16-27(4-5-28(30)31)53-20-22-2-3-24-8-11-52-32(24)15-22/h2-5,15-16,18-19,21,23,25-26H,6-14,17,20H2,1H3,(H,47,49)(H,50,51). The number of hydrogen-bond donors (Lipinski definition) is 2. The third kappa shape index (κ3) is 6.58. The number of nitrogens with zero attached hydrogens (tertiary/aromatic N) is 3. The van der Waals surface area contributed by atoms with Gasteiger partial charge in [0.05, 0.1) is 17.7 Å². The van der Waals surface area contributed by atoms with E-state index in [0.29, 0.717) is 36.1 Å². The number of fused-ring (bicyclic) bond motifs is 4. The van der Waals surface area contributed by atoms with E-state index < -0.39 is 46.7 Å². The van der Waals surface area contributed by atoms with Gasteiger partial charge in [0.15, 0.2) is 11.5 Å². The predicted molar refractivity (Wildman–Crippen MR) is 183 cm³/mol. The molecule has 1 aliphatic heterocycles. The van der Waals surface area contributed by atoms with Crippen molar-refractivity contribution in [1.82, 2.24) is 19.9 Å². The van der Waals surface area contributed by atoms with Crippen LogP contribution in [0.5, 0.6) is 11.5 Å². The van der Waals surface area contributed by atoms with Crippen LogP contribution in [-0.2, 0) is 24.0 Å². The van der Waals surface area contributed by atoms with Gasteiger partial charge in [-0.05, 0) is 85.6 Å². The lowest BCUT2D eigenvalue weighted by Crippen LogP contribution is -2.57. The molecule has 0 spiro atoms. The summed E-state index contributed by atoms with van der Waals surface area (Å²) in [5.74, 6) is -4.43. The Balaban J connectivity index is 1.14. The number of alkyl halides is 5. The average molecular weight is 739 g/mol. The zero-order chi connectivity index (χ0) is 37.3. The van der Waals surface area contributed by atoms with E-state index in [9.17, 15) is 36.6 Å². The van der Waals surface area contributed by atoms with Gasteiger partial charge in [0.1, 0.15) is 23.6 Å². The lowest BCUT2D eigenvalue weighted by molar-refractivity contribution is -0.146. The highest BCUT2D eigenvalue weighted by molar-refractivity contribution is 6.00. The first-order valence-corrected chi connectivity index (χ1v) is 18.1. The molecule has 1 amide bonds. The first-order chi connectivity index (χ1) is 25.2. The fourth-order valence-electron chi connectivity index (χ4n) is 9.14. The Hall–Kier alpha value is -4.75. The molecule has 9 nitrogen and oxygen atoms in total. The molecule has 8 rings (SSSR count). The van der Waals surface area contributed by atoms with Gasteiger partial charge in [0.25, 0.3) is 5.91 Å². The quantitative estimate of drug-likeness (QED) is 0.175. The number of aromatic nitrogens is 3. The number of ether oxygens (including phenoxy) is 2. The second-order valence-corrected chi connectivity index (χ2v) is 15.3. The summed E-state index contributed by atoms with van der Waals surface area (Å²) < 4.78 is 86.0. The fourth-order valence-corrected chi connectivity index (χ4v) is 9.14. The SMILES string of the molecule is CC1CC2CC(C1)C(NC(=O)c1cnc(-c3cn(C4CCC(F)(F)CC4)c4cc(OCc5ccc6c(c5)OCC6)ccc34)nc1C(F)(F)F)(C(=O)O)C2. The van der Waals surface area contributed by atoms with E-state index in [0.717, 1.165) is 35.9 Å². The van der Waals surface area contributed by atoms with Gasteiger partial charge >= 0.3 is 12.1 Å². The van der Waals surface area contributed by atoms with Crippen LogP contribution in [0.15, 0.2) is 48.8 Å². The lowest BCUT2D eigenvalue weighted by atomic mass is 9.78. The number of carboxylic acids is 1. The Bertz CT molecular complexity index is 2090. The molecule has 2 aromatic heterocycles. The summed E-state index contributed by atoms with van der Waals surface area (Å²) >= 11 is 0. The second kappa shape index (κ2) is 13.0. The first-order valence-electron chi connectivity index (χ1n) is 18.1. The smallest absolute Gasteiger partial charge is 0.434 e. The van der Waals surface area contributed by atoms with Crippen LogP contribution in [0.2, 0.25) is 0 Å². The van der Waals surface area contributed by atoms with Crippen LogP contribution >= 0.6 is 0 Å². The molecule has 3 aliphatic carbocycles. The summed E-state index contributed by atoms with van der Waals surface area (Å²) in [5.41, 5.74) is -1.28. The van der Waals surface area contributed by atoms with Crippen LogP contribution in [0, 0.1) is 17.8 Å². The maximum Gasteiger partial charge on any atom is 0.434 e. The van der Waals surface area contributed by atoms with Crippen molar-refractivity contribution < 1.29 is 46.1 Å². The zero-order valence-corrected chi connectivity index (χ0v) is 29.0. The van der Waals surface area contributed by atoms with Crippen molar-refractivity contribution in [3.8, 4) is 22.9 Å². The van der Waals surface area contributed by atoms with E-state index in [1.807, 2.05) is 25.1 Å². The van der Waals surface area contributed by atoms with Crippen molar-refractivity contribution in [1.29, 1.82) is 0 Å². The molecule has 53 heavy (non-hydrogen) atoms.